The first-order chi connectivity index (χ1) is 13.5. The third kappa shape index (κ3) is 4.33. The molecule has 2 aromatic rings. The molecule has 1 fully saturated rings. The molecule has 1 aliphatic rings. The van der Waals surface area contributed by atoms with Crippen LogP contribution in [-0.4, -0.2) is 53.7 Å². The van der Waals surface area contributed by atoms with Crippen molar-refractivity contribution < 1.29 is 14.3 Å². The summed E-state index contributed by atoms with van der Waals surface area (Å²) in [6.45, 7) is 6.95. The summed E-state index contributed by atoms with van der Waals surface area (Å²) in [5.74, 6) is 0.0931. The minimum Gasteiger partial charge on any atom is -0.622 e. The molecule has 0 aliphatic carbocycles. The highest BCUT2D eigenvalue weighted by atomic mass is 32.1. The number of ether oxygens (including phenoxy) is 2. The van der Waals surface area contributed by atoms with Gasteiger partial charge in [0.05, 0.1) is 6.54 Å². The lowest BCUT2D eigenvalue weighted by molar-refractivity contribution is -0.155. The third-order valence-electron chi connectivity index (χ3n) is 4.79. The van der Waals surface area contributed by atoms with E-state index in [1.165, 1.54) is 11.3 Å². The molecule has 0 bridgehead atoms. The first-order valence-corrected chi connectivity index (χ1v) is 10.4. The zero-order valence-electron chi connectivity index (χ0n) is 16.5. The maximum atomic E-state index is 13.5. The van der Waals surface area contributed by atoms with E-state index in [0.29, 0.717) is 30.4 Å². The molecule has 2 unspecified atom stereocenters. The maximum Gasteiger partial charge on any atom is 0.348 e. The van der Waals surface area contributed by atoms with Gasteiger partial charge in [-0.3, -0.25) is 4.65 Å². The minimum absolute atomic E-state index is 0.187. The normalized spacial score (nSPS) is 22.4. The molecule has 28 heavy (non-hydrogen) atoms. The number of esters is 1. The van der Waals surface area contributed by atoms with Crippen LogP contribution in [0.4, 0.5) is 5.13 Å². The predicted molar refractivity (Wildman–Crippen MR) is 108 cm³/mol. The number of aromatic nitrogens is 2. The summed E-state index contributed by atoms with van der Waals surface area (Å²) in [6.07, 6.45) is 0.635. The first kappa shape index (κ1) is 20.7. The van der Waals surface area contributed by atoms with E-state index < -0.39 is 16.8 Å². The standard InChI is InChI=1S/C19H26N4O4S/c1-4-14-9-7-8-10-15(14)26-12-18(24)27-17-11-22(6-3)13-23(17,25)19-21-20-16(5-2)28-19/h7-10,17H,4-6,11-13H2,1-3H3. The van der Waals surface area contributed by atoms with Crippen LogP contribution in [0.3, 0.4) is 0 Å². The number of aryl methyl sites for hydroxylation is 2. The van der Waals surface area contributed by atoms with Gasteiger partial charge >= 0.3 is 11.1 Å². The van der Waals surface area contributed by atoms with Crippen LogP contribution in [0.2, 0.25) is 0 Å². The molecule has 9 heteroatoms. The van der Waals surface area contributed by atoms with E-state index in [1.54, 1.807) is 0 Å². The molecule has 3 rings (SSSR count). The molecule has 0 spiro atoms. The van der Waals surface area contributed by atoms with Gasteiger partial charge in [0.15, 0.2) is 6.61 Å². The number of carbonyl (C=O) groups is 1. The smallest absolute Gasteiger partial charge is 0.348 e. The van der Waals surface area contributed by atoms with Crippen LogP contribution in [0.25, 0.3) is 0 Å². The Morgan fingerprint density at radius 1 is 1.29 bits per heavy atom. The molecule has 2 atom stereocenters. The number of para-hydroxylation sites is 1. The lowest BCUT2D eigenvalue weighted by atomic mass is 10.1. The van der Waals surface area contributed by atoms with Crippen molar-refractivity contribution >= 4 is 22.4 Å². The number of quaternary nitrogens is 1. The van der Waals surface area contributed by atoms with Gasteiger partial charge in [0, 0.05) is 6.54 Å². The molecule has 0 amide bonds. The fourth-order valence-electron chi connectivity index (χ4n) is 3.13. The predicted octanol–water partition coefficient (Wildman–Crippen LogP) is 2.71. The number of carbonyl (C=O) groups excluding carboxylic acids is 1. The van der Waals surface area contributed by atoms with E-state index in [4.69, 9.17) is 9.47 Å². The van der Waals surface area contributed by atoms with Gasteiger partial charge in [-0.25, -0.2) is 9.69 Å². The molecular weight excluding hydrogens is 380 g/mol. The second kappa shape index (κ2) is 8.95. The van der Waals surface area contributed by atoms with Crippen LogP contribution < -0.4 is 9.38 Å². The molecule has 0 radical (unpaired) electrons. The van der Waals surface area contributed by atoms with Gasteiger partial charge in [-0.15, -0.1) is 5.10 Å². The zero-order chi connectivity index (χ0) is 20.1. The highest BCUT2D eigenvalue weighted by Crippen LogP contribution is 2.34. The van der Waals surface area contributed by atoms with Crippen molar-refractivity contribution in [1.29, 1.82) is 0 Å². The topological polar surface area (TPSA) is 87.6 Å². The zero-order valence-corrected chi connectivity index (χ0v) is 17.3. The van der Waals surface area contributed by atoms with Crippen LogP contribution in [0.5, 0.6) is 5.75 Å². The van der Waals surface area contributed by atoms with E-state index in [0.717, 1.165) is 17.0 Å². The Morgan fingerprint density at radius 2 is 2.07 bits per heavy atom. The van der Waals surface area contributed by atoms with Crippen molar-refractivity contribution in [3.05, 3.63) is 40.0 Å². The number of nitrogens with zero attached hydrogens (tertiary/aromatic N) is 4. The van der Waals surface area contributed by atoms with Crippen molar-refractivity contribution in [2.24, 2.45) is 0 Å². The van der Waals surface area contributed by atoms with Crippen LogP contribution in [0.1, 0.15) is 31.3 Å². The van der Waals surface area contributed by atoms with Crippen LogP contribution >= 0.6 is 11.3 Å². The SMILES string of the molecule is CCc1nnc([N+]2([O-])CN(CC)CC2OC(=O)COc2ccccc2CC)s1. The molecule has 152 valence electrons. The number of hydrogen-bond acceptors (Lipinski definition) is 8. The molecule has 0 saturated carbocycles. The van der Waals surface area contributed by atoms with Gasteiger partial charge in [0.25, 0.3) is 6.23 Å². The molecule has 2 heterocycles. The Labute approximate surface area is 168 Å². The number of hydroxylamine groups is 2. The molecule has 8 nitrogen and oxygen atoms in total. The second-order valence-electron chi connectivity index (χ2n) is 6.63. The van der Waals surface area contributed by atoms with Crippen LogP contribution in [0.15, 0.2) is 24.3 Å². The fraction of sp³-hybridized carbons (Fsp3) is 0.526. The Bertz CT molecular complexity index is 815. The summed E-state index contributed by atoms with van der Waals surface area (Å²) in [7, 11) is 0. The quantitative estimate of drug-likeness (QED) is 0.378. The average molecular weight is 407 g/mol. The second-order valence-corrected chi connectivity index (χ2v) is 7.67. The Morgan fingerprint density at radius 3 is 2.75 bits per heavy atom. The van der Waals surface area contributed by atoms with Gasteiger partial charge in [0.2, 0.25) is 0 Å². The van der Waals surface area contributed by atoms with Crippen LogP contribution in [0, 0.1) is 5.21 Å². The lowest BCUT2D eigenvalue weighted by Gasteiger charge is -2.38. The number of rotatable bonds is 8. The lowest BCUT2D eigenvalue weighted by Crippen LogP contribution is -2.51. The average Bonchev–Trinajstić information content (AvgIpc) is 3.32. The summed E-state index contributed by atoms with van der Waals surface area (Å²) in [5.41, 5.74) is 1.02. The van der Waals surface area contributed by atoms with Gasteiger partial charge in [0.1, 0.15) is 17.4 Å². The highest BCUT2D eigenvalue weighted by molar-refractivity contribution is 7.15. The van der Waals surface area contributed by atoms with Gasteiger partial charge in [-0.1, -0.05) is 44.1 Å². The maximum absolute atomic E-state index is 13.5. The summed E-state index contributed by atoms with van der Waals surface area (Å²) < 4.78 is 10.4. The number of hydrogen-bond donors (Lipinski definition) is 0. The molecule has 1 aromatic carbocycles. The Kier molecular flexibility index (Phi) is 6.61. The van der Waals surface area contributed by atoms with Crippen molar-refractivity contribution in [3.63, 3.8) is 0 Å². The molecule has 0 N–H and O–H groups in total. The summed E-state index contributed by atoms with van der Waals surface area (Å²) in [5, 5.41) is 22.8. The van der Waals surface area contributed by atoms with E-state index in [9.17, 15) is 10.0 Å². The molecule has 1 aromatic heterocycles. The van der Waals surface area contributed by atoms with Gasteiger partial charge in [-0.05, 0) is 35.8 Å². The van der Waals surface area contributed by atoms with E-state index in [1.807, 2.05) is 49.9 Å². The highest BCUT2D eigenvalue weighted by Gasteiger charge is 2.46. The molecule has 1 saturated heterocycles. The summed E-state index contributed by atoms with van der Waals surface area (Å²) in [6, 6.07) is 7.56. The van der Waals surface area contributed by atoms with E-state index in [-0.39, 0.29) is 13.3 Å². The number of benzene rings is 1. The van der Waals surface area contributed by atoms with E-state index >= 15 is 0 Å². The number of likely N-dealkylation sites (N-methyl/N-ethyl adjacent to an activating group) is 1. The van der Waals surface area contributed by atoms with Crippen LogP contribution in [-0.2, 0) is 22.4 Å². The third-order valence-corrected chi connectivity index (χ3v) is 5.97. The Hall–Kier alpha value is -2.07. The van der Waals surface area contributed by atoms with Gasteiger partial charge in [-0.2, -0.15) is 0 Å². The summed E-state index contributed by atoms with van der Waals surface area (Å²) >= 11 is 1.28. The molecule has 1 aliphatic heterocycles. The van der Waals surface area contributed by atoms with E-state index in [2.05, 4.69) is 10.2 Å². The van der Waals surface area contributed by atoms with Crippen molar-refractivity contribution in [2.45, 2.75) is 39.8 Å². The largest absolute Gasteiger partial charge is 0.622 e. The van der Waals surface area contributed by atoms with Crippen molar-refractivity contribution in [3.8, 4) is 5.75 Å². The Balaban J connectivity index is 1.68. The molecular formula is C19H26N4O4S. The first-order valence-electron chi connectivity index (χ1n) is 9.54. The van der Waals surface area contributed by atoms with Crippen molar-refractivity contribution in [1.82, 2.24) is 19.7 Å². The summed E-state index contributed by atoms with van der Waals surface area (Å²) in [4.78, 5) is 14.3. The fourth-order valence-corrected chi connectivity index (χ4v) is 3.98. The monoisotopic (exact) mass is 406 g/mol. The van der Waals surface area contributed by atoms with Gasteiger partial charge < -0.3 is 14.7 Å². The minimum atomic E-state index is -0.880. The van der Waals surface area contributed by atoms with Crippen molar-refractivity contribution in [2.75, 3.05) is 26.4 Å².